The van der Waals surface area contributed by atoms with Crippen molar-refractivity contribution in [2.24, 2.45) is 7.05 Å². The molecule has 0 N–H and O–H groups in total. The summed E-state index contributed by atoms with van der Waals surface area (Å²) in [5, 5.41) is 5.07. The van der Waals surface area contributed by atoms with Crippen LogP contribution in [0.3, 0.4) is 0 Å². The van der Waals surface area contributed by atoms with E-state index in [1.54, 1.807) is 0 Å². The van der Waals surface area contributed by atoms with E-state index in [1.807, 2.05) is 19.1 Å². The van der Waals surface area contributed by atoms with Crippen LogP contribution in [0.25, 0.3) is 11.0 Å². The number of para-hydroxylation sites is 1. The minimum Gasteiger partial charge on any atom is -0.490 e. The summed E-state index contributed by atoms with van der Waals surface area (Å²) in [4.78, 5) is 25.8. The molecule has 0 saturated carbocycles. The van der Waals surface area contributed by atoms with Crippen LogP contribution in [-0.2, 0) is 26.6 Å². The molecule has 148 valence electrons. The molecule has 0 spiro atoms. The fourth-order valence-electron chi connectivity index (χ4n) is 3.73. The highest BCUT2D eigenvalue weighted by atomic mass is 16.5. The first kappa shape index (κ1) is 18.5. The Labute approximate surface area is 161 Å². The Balaban J connectivity index is 1.44. The lowest BCUT2D eigenvalue weighted by atomic mass is 10.0. The summed E-state index contributed by atoms with van der Waals surface area (Å²) >= 11 is 0. The number of rotatable bonds is 6. The van der Waals surface area contributed by atoms with Gasteiger partial charge in [0.05, 0.1) is 13.2 Å². The zero-order chi connectivity index (χ0) is 19.7. The number of furan rings is 1. The van der Waals surface area contributed by atoms with Crippen LogP contribution in [-0.4, -0.2) is 38.9 Å². The lowest BCUT2D eigenvalue weighted by Gasteiger charge is -2.25. The maximum absolute atomic E-state index is 12.0. The molecule has 8 heteroatoms. The van der Waals surface area contributed by atoms with E-state index in [0.717, 1.165) is 59.5 Å². The predicted octanol–water partition coefficient (Wildman–Crippen LogP) is 1.54. The Bertz CT molecular complexity index is 1110. The average molecular weight is 384 g/mol. The average Bonchev–Trinajstić information content (AvgIpc) is 3.07. The number of nitrogens with zero attached hydrogens (tertiary/aromatic N) is 4. The smallest absolute Gasteiger partial charge is 0.347 e. The van der Waals surface area contributed by atoms with Gasteiger partial charge in [0.2, 0.25) is 0 Å². The van der Waals surface area contributed by atoms with Gasteiger partial charge in [-0.3, -0.25) is 14.3 Å². The van der Waals surface area contributed by atoms with Crippen molar-refractivity contribution in [1.82, 2.24) is 19.2 Å². The quantitative estimate of drug-likeness (QED) is 0.641. The van der Waals surface area contributed by atoms with Gasteiger partial charge < -0.3 is 9.15 Å². The highest BCUT2D eigenvalue weighted by Gasteiger charge is 2.23. The summed E-state index contributed by atoms with van der Waals surface area (Å²) in [5.74, 6) is 1.78. The monoisotopic (exact) mass is 384 g/mol. The molecule has 3 aromatic rings. The summed E-state index contributed by atoms with van der Waals surface area (Å²) < 4.78 is 14.3. The van der Waals surface area contributed by atoms with Crippen LogP contribution in [0.1, 0.15) is 24.7 Å². The maximum Gasteiger partial charge on any atom is 0.347 e. The van der Waals surface area contributed by atoms with Crippen LogP contribution in [0.2, 0.25) is 0 Å². The standard InChI is InChI=1S/C20H24N4O4/c1-3-27-16-7-4-6-15-14-8-11-23(13-17(14)28-19(15)16)9-5-10-24-20(26)22(2)18(25)12-21-24/h4,6-7,12H,3,5,8-11,13H2,1-2H3. The van der Waals surface area contributed by atoms with E-state index in [2.05, 4.69) is 16.1 Å². The SMILES string of the molecule is CCOc1cccc2c3c(oc12)CN(CCCn1ncc(=O)n(C)c1=O)CC3. The first-order chi connectivity index (χ1) is 13.6. The van der Waals surface area contributed by atoms with Gasteiger partial charge in [0.15, 0.2) is 11.3 Å². The molecule has 1 aromatic carbocycles. The van der Waals surface area contributed by atoms with Crippen molar-refractivity contribution in [2.75, 3.05) is 19.7 Å². The topological polar surface area (TPSA) is 82.5 Å². The molecule has 4 rings (SSSR count). The van der Waals surface area contributed by atoms with E-state index in [4.69, 9.17) is 9.15 Å². The van der Waals surface area contributed by atoms with Gasteiger partial charge in [-0.15, -0.1) is 0 Å². The van der Waals surface area contributed by atoms with Crippen LogP contribution in [0.5, 0.6) is 5.75 Å². The van der Waals surface area contributed by atoms with Gasteiger partial charge in [-0.2, -0.15) is 5.10 Å². The van der Waals surface area contributed by atoms with Crippen LogP contribution in [0.15, 0.2) is 38.4 Å². The van der Waals surface area contributed by atoms with Crippen molar-refractivity contribution >= 4 is 11.0 Å². The molecular weight excluding hydrogens is 360 g/mol. The number of benzene rings is 1. The van der Waals surface area contributed by atoms with Crippen LogP contribution >= 0.6 is 0 Å². The summed E-state index contributed by atoms with van der Waals surface area (Å²) in [6, 6.07) is 6.04. The fraction of sp³-hybridized carbons (Fsp3) is 0.450. The van der Waals surface area contributed by atoms with E-state index >= 15 is 0 Å². The third kappa shape index (κ3) is 3.35. The Morgan fingerprint density at radius 3 is 2.93 bits per heavy atom. The Hall–Kier alpha value is -2.87. The molecule has 1 aliphatic rings. The third-order valence-corrected chi connectivity index (χ3v) is 5.20. The molecule has 0 atom stereocenters. The molecule has 0 aliphatic carbocycles. The first-order valence-electron chi connectivity index (χ1n) is 9.60. The Kier molecular flexibility index (Phi) is 5.04. The highest BCUT2D eigenvalue weighted by Crippen LogP contribution is 2.35. The number of hydrogen-bond acceptors (Lipinski definition) is 6. The van der Waals surface area contributed by atoms with Gasteiger partial charge in [0, 0.05) is 37.6 Å². The van der Waals surface area contributed by atoms with Gasteiger partial charge in [-0.25, -0.2) is 9.48 Å². The highest BCUT2D eigenvalue weighted by molar-refractivity contribution is 5.87. The Morgan fingerprint density at radius 1 is 1.25 bits per heavy atom. The van der Waals surface area contributed by atoms with Crippen molar-refractivity contribution in [3.05, 3.63) is 56.6 Å². The molecule has 0 fully saturated rings. The predicted molar refractivity (Wildman–Crippen MR) is 105 cm³/mol. The van der Waals surface area contributed by atoms with E-state index in [1.165, 1.54) is 23.5 Å². The van der Waals surface area contributed by atoms with Crippen molar-refractivity contribution in [3.8, 4) is 5.75 Å². The summed E-state index contributed by atoms with van der Waals surface area (Å²) in [6.45, 7) is 5.56. The van der Waals surface area contributed by atoms with E-state index in [9.17, 15) is 9.59 Å². The Morgan fingerprint density at radius 2 is 2.11 bits per heavy atom. The van der Waals surface area contributed by atoms with Crippen LogP contribution in [0, 0.1) is 0 Å². The first-order valence-corrected chi connectivity index (χ1v) is 9.60. The number of aryl methyl sites for hydroxylation is 1. The summed E-state index contributed by atoms with van der Waals surface area (Å²) in [7, 11) is 1.47. The number of fused-ring (bicyclic) bond motifs is 3. The van der Waals surface area contributed by atoms with E-state index in [-0.39, 0.29) is 11.2 Å². The third-order valence-electron chi connectivity index (χ3n) is 5.20. The lowest BCUT2D eigenvalue weighted by molar-refractivity contribution is 0.222. The van der Waals surface area contributed by atoms with Crippen molar-refractivity contribution < 1.29 is 9.15 Å². The molecule has 3 heterocycles. The number of hydrogen-bond donors (Lipinski definition) is 0. The van der Waals surface area contributed by atoms with Crippen LogP contribution in [0.4, 0.5) is 0 Å². The van der Waals surface area contributed by atoms with Gasteiger partial charge in [0.1, 0.15) is 12.0 Å². The zero-order valence-corrected chi connectivity index (χ0v) is 16.2. The van der Waals surface area contributed by atoms with Gasteiger partial charge >= 0.3 is 5.69 Å². The molecule has 0 saturated heterocycles. The minimum atomic E-state index is -0.388. The zero-order valence-electron chi connectivity index (χ0n) is 16.2. The number of ether oxygens (including phenoxy) is 1. The fourth-order valence-corrected chi connectivity index (χ4v) is 3.73. The molecule has 0 unspecified atom stereocenters. The molecular formula is C20H24N4O4. The van der Waals surface area contributed by atoms with Crippen molar-refractivity contribution in [2.45, 2.75) is 32.9 Å². The van der Waals surface area contributed by atoms with E-state index in [0.29, 0.717) is 13.2 Å². The second-order valence-corrected chi connectivity index (χ2v) is 7.00. The summed E-state index contributed by atoms with van der Waals surface area (Å²) in [5.41, 5.74) is 1.33. The number of aromatic nitrogens is 3. The molecule has 2 aromatic heterocycles. The molecule has 8 nitrogen and oxygen atoms in total. The lowest BCUT2D eigenvalue weighted by Crippen LogP contribution is -2.39. The van der Waals surface area contributed by atoms with Crippen molar-refractivity contribution in [3.63, 3.8) is 0 Å². The van der Waals surface area contributed by atoms with E-state index < -0.39 is 0 Å². The summed E-state index contributed by atoms with van der Waals surface area (Å²) in [6.07, 6.45) is 2.87. The molecule has 28 heavy (non-hydrogen) atoms. The second-order valence-electron chi connectivity index (χ2n) is 7.00. The van der Waals surface area contributed by atoms with Gasteiger partial charge in [0.25, 0.3) is 5.56 Å². The molecule has 0 bridgehead atoms. The second kappa shape index (κ2) is 7.63. The van der Waals surface area contributed by atoms with Crippen LogP contribution < -0.4 is 16.0 Å². The molecule has 0 amide bonds. The molecule has 0 radical (unpaired) electrons. The normalized spacial score (nSPS) is 14.4. The van der Waals surface area contributed by atoms with Gasteiger partial charge in [-0.05, 0) is 25.8 Å². The van der Waals surface area contributed by atoms with Crippen molar-refractivity contribution in [1.29, 1.82) is 0 Å². The molecule has 1 aliphatic heterocycles. The minimum absolute atomic E-state index is 0.380. The largest absolute Gasteiger partial charge is 0.490 e. The maximum atomic E-state index is 12.0. The van der Waals surface area contributed by atoms with Gasteiger partial charge in [-0.1, -0.05) is 12.1 Å².